The van der Waals surface area contributed by atoms with Gasteiger partial charge in [0, 0.05) is 19.2 Å². The zero-order valence-electron chi connectivity index (χ0n) is 11.0. The van der Waals surface area contributed by atoms with Crippen molar-refractivity contribution in [3.8, 4) is 0 Å². The first kappa shape index (κ1) is 14.6. The van der Waals surface area contributed by atoms with Crippen molar-refractivity contribution >= 4 is 23.1 Å². The summed E-state index contributed by atoms with van der Waals surface area (Å²) in [6, 6.07) is 5.39. The van der Waals surface area contributed by atoms with Gasteiger partial charge in [-0.3, -0.25) is 0 Å². The highest BCUT2D eigenvalue weighted by Gasteiger charge is 2.10. The summed E-state index contributed by atoms with van der Waals surface area (Å²) in [5.41, 5.74) is 7.08. The number of nitrogens with zero attached hydrogens (tertiary/aromatic N) is 2. The summed E-state index contributed by atoms with van der Waals surface area (Å²) >= 11 is 6.22. The topological polar surface area (TPSA) is 61.8 Å². The standard InChI is InChI=1S/C13H20ClN3O/c1-4-9(2)8-17(3)12-6-5-10(7-11(12)14)13(15)16-18/h5-7,9,18H,4,8H2,1-3H3,(H2,15,16). The molecule has 0 aromatic heterocycles. The van der Waals surface area contributed by atoms with Gasteiger partial charge in [-0.2, -0.15) is 0 Å². The molecule has 5 heteroatoms. The smallest absolute Gasteiger partial charge is 0.170 e. The van der Waals surface area contributed by atoms with Crippen molar-refractivity contribution in [3.05, 3.63) is 28.8 Å². The molecule has 0 spiro atoms. The van der Waals surface area contributed by atoms with Gasteiger partial charge in [-0.15, -0.1) is 0 Å². The van der Waals surface area contributed by atoms with Gasteiger partial charge in [-0.1, -0.05) is 37.0 Å². The Kier molecular flexibility index (Phi) is 5.28. The fourth-order valence-electron chi connectivity index (χ4n) is 1.73. The van der Waals surface area contributed by atoms with Crippen LogP contribution in [0.15, 0.2) is 23.4 Å². The van der Waals surface area contributed by atoms with E-state index in [1.807, 2.05) is 13.1 Å². The molecule has 1 aromatic carbocycles. The van der Waals surface area contributed by atoms with E-state index in [0.29, 0.717) is 16.5 Å². The first-order valence-corrected chi connectivity index (χ1v) is 6.36. The van der Waals surface area contributed by atoms with Gasteiger partial charge in [0.25, 0.3) is 0 Å². The number of benzene rings is 1. The number of rotatable bonds is 5. The molecule has 0 radical (unpaired) electrons. The van der Waals surface area contributed by atoms with E-state index in [0.717, 1.165) is 18.7 Å². The molecular formula is C13H20ClN3O. The molecule has 1 rings (SSSR count). The second-order valence-electron chi connectivity index (χ2n) is 4.55. The maximum Gasteiger partial charge on any atom is 0.170 e. The minimum Gasteiger partial charge on any atom is -0.409 e. The summed E-state index contributed by atoms with van der Waals surface area (Å²) < 4.78 is 0. The van der Waals surface area contributed by atoms with Gasteiger partial charge in [-0.05, 0) is 24.1 Å². The third-order valence-electron chi connectivity index (χ3n) is 3.04. The Balaban J connectivity index is 2.92. The zero-order valence-corrected chi connectivity index (χ0v) is 11.8. The van der Waals surface area contributed by atoms with Crippen LogP contribution in [-0.4, -0.2) is 24.6 Å². The van der Waals surface area contributed by atoms with E-state index in [1.54, 1.807) is 12.1 Å². The molecule has 1 atom stereocenters. The summed E-state index contributed by atoms with van der Waals surface area (Å²) in [6.07, 6.45) is 1.13. The van der Waals surface area contributed by atoms with Gasteiger partial charge in [-0.25, -0.2) is 0 Å². The Morgan fingerprint density at radius 1 is 1.56 bits per heavy atom. The van der Waals surface area contributed by atoms with Crippen molar-refractivity contribution in [3.63, 3.8) is 0 Å². The van der Waals surface area contributed by atoms with Gasteiger partial charge < -0.3 is 15.8 Å². The van der Waals surface area contributed by atoms with Crippen LogP contribution in [-0.2, 0) is 0 Å². The summed E-state index contributed by atoms with van der Waals surface area (Å²) in [5.74, 6) is 0.669. The van der Waals surface area contributed by atoms with Crippen molar-refractivity contribution in [2.24, 2.45) is 16.8 Å². The number of hydrogen-bond acceptors (Lipinski definition) is 3. The monoisotopic (exact) mass is 269 g/mol. The van der Waals surface area contributed by atoms with Crippen LogP contribution in [0.25, 0.3) is 0 Å². The van der Waals surface area contributed by atoms with Crippen molar-refractivity contribution in [2.45, 2.75) is 20.3 Å². The van der Waals surface area contributed by atoms with Gasteiger partial charge in [0.2, 0.25) is 0 Å². The lowest BCUT2D eigenvalue weighted by Gasteiger charge is -2.24. The molecule has 0 saturated heterocycles. The van der Waals surface area contributed by atoms with Crippen molar-refractivity contribution in [2.75, 3.05) is 18.5 Å². The van der Waals surface area contributed by atoms with Gasteiger partial charge in [0.15, 0.2) is 5.84 Å². The third-order valence-corrected chi connectivity index (χ3v) is 3.35. The second-order valence-corrected chi connectivity index (χ2v) is 4.95. The zero-order chi connectivity index (χ0) is 13.7. The van der Waals surface area contributed by atoms with E-state index < -0.39 is 0 Å². The Morgan fingerprint density at radius 3 is 2.72 bits per heavy atom. The van der Waals surface area contributed by atoms with Gasteiger partial charge >= 0.3 is 0 Å². The summed E-state index contributed by atoms with van der Waals surface area (Å²) in [7, 11) is 2.01. The molecule has 1 aromatic rings. The van der Waals surface area contributed by atoms with E-state index in [9.17, 15) is 0 Å². The number of nitrogens with two attached hydrogens (primary N) is 1. The predicted molar refractivity (Wildman–Crippen MR) is 76.7 cm³/mol. The molecular weight excluding hydrogens is 250 g/mol. The largest absolute Gasteiger partial charge is 0.409 e. The quantitative estimate of drug-likeness (QED) is 0.374. The van der Waals surface area contributed by atoms with Gasteiger partial charge in [0.1, 0.15) is 0 Å². The Hall–Kier alpha value is -1.42. The van der Waals surface area contributed by atoms with Crippen LogP contribution in [0.4, 0.5) is 5.69 Å². The fraction of sp³-hybridized carbons (Fsp3) is 0.462. The van der Waals surface area contributed by atoms with Gasteiger partial charge in [0.05, 0.1) is 10.7 Å². The maximum atomic E-state index is 8.62. The molecule has 100 valence electrons. The lowest BCUT2D eigenvalue weighted by Crippen LogP contribution is -2.24. The molecule has 1 unspecified atom stereocenters. The van der Waals surface area contributed by atoms with Crippen LogP contribution in [0.5, 0.6) is 0 Å². The molecule has 0 heterocycles. The summed E-state index contributed by atoms with van der Waals surface area (Å²) in [6.45, 7) is 5.32. The molecule has 0 aliphatic heterocycles. The van der Waals surface area contributed by atoms with E-state index in [2.05, 4.69) is 23.9 Å². The Labute approximate surface area is 113 Å². The average Bonchev–Trinajstić information content (AvgIpc) is 2.37. The fourth-order valence-corrected chi connectivity index (χ4v) is 2.05. The molecule has 0 fully saturated rings. The lowest BCUT2D eigenvalue weighted by atomic mass is 10.1. The highest BCUT2D eigenvalue weighted by Crippen LogP contribution is 2.26. The van der Waals surface area contributed by atoms with Crippen LogP contribution in [0, 0.1) is 5.92 Å². The average molecular weight is 270 g/mol. The van der Waals surface area contributed by atoms with Crippen molar-refractivity contribution < 1.29 is 5.21 Å². The van der Waals surface area contributed by atoms with E-state index in [1.165, 1.54) is 0 Å². The minimum atomic E-state index is 0.0630. The lowest BCUT2D eigenvalue weighted by molar-refractivity contribution is 0.318. The number of hydrogen-bond donors (Lipinski definition) is 2. The first-order valence-electron chi connectivity index (χ1n) is 5.98. The van der Waals surface area contributed by atoms with Crippen molar-refractivity contribution in [1.82, 2.24) is 0 Å². The third kappa shape index (κ3) is 3.53. The normalized spacial score (nSPS) is 13.4. The molecule has 0 amide bonds. The van der Waals surface area contributed by atoms with E-state index >= 15 is 0 Å². The van der Waals surface area contributed by atoms with Crippen molar-refractivity contribution in [1.29, 1.82) is 0 Å². The molecule has 0 aliphatic carbocycles. The molecule has 0 aliphatic rings. The predicted octanol–water partition coefficient (Wildman–Crippen LogP) is 2.92. The molecule has 0 saturated carbocycles. The minimum absolute atomic E-state index is 0.0630. The molecule has 18 heavy (non-hydrogen) atoms. The SMILES string of the molecule is CCC(C)CN(C)c1ccc(C(N)=NO)cc1Cl. The van der Waals surface area contributed by atoms with Crippen LogP contribution >= 0.6 is 11.6 Å². The van der Waals surface area contributed by atoms with E-state index in [-0.39, 0.29) is 5.84 Å². The Morgan fingerprint density at radius 2 is 2.22 bits per heavy atom. The molecule has 4 nitrogen and oxygen atoms in total. The first-order chi connectivity index (χ1) is 8.49. The molecule has 0 bridgehead atoms. The number of halogens is 1. The molecule has 3 N–H and O–H groups in total. The van der Waals surface area contributed by atoms with Crippen LogP contribution in [0.3, 0.4) is 0 Å². The highest BCUT2D eigenvalue weighted by molar-refractivity contribution is 6.33. The number of anilines is 1. The highest BCUT2D eigenvalue weighted by atomic mass is 35.5. The number of amidine groups is 1. The van der Waals surface area contributed by atoms with Crippen LogP contribution < -0.4 is 10.6 Å². The second kappa shape index (κ2) is 6.50. The van der Waals surface area contributed by atoms with Crippen LogP contribution in [0.2, 0.25) is 5.02 Å². The van der Waals surface area contributed by atoms with Crippen LogP contribution in [0.1, 0.15) is 25.8 Å². The maximum absolute atomic E-state index is 8.62. The van der Waals surface area contributed by atoms with E-state index in [4.69, 9.17) is 22.5 Å². The summed E-state index contributed by atoms with van der Waals surface area (Å²) in [4.78, 5) is 2.12. The Bertz CT molecular complexity index is 434. The summed E-state index contributed by atoms with van der Waals surface area (Å²) in [5, 5.41) is 12.2. The number of oxime groups is 1.